The lowest BCUT2D eigenvalue weighted by atomic mass is 9.82. The van der Waals surface area contributed by atoms with E-state index in [4.69, 9.17) is 9.47 Å². The molecule has 1 saturated heterocycles. The van der Waals surface area contributed by atoms with Gasteiger partial charge in [-0.1, -0.05) is 29.8 Å². The molecular formula is C21H30O4. The Balaban J connectivity index is 1.62. The van der Waals surface area contributed by atoms with Gasteiger partial charge in [-0.05, 0) is 62.3 Å². The van der Waals surface area contributed by atoms with Crippen molar-refractivity contribution < 1.29 is 19.4 Å². The number of aldehydes is 1. The van der Waals surface area contributed by atoms with Crippen LogP contribution in [0.1, 0.15) is 43.2 Å². The lowest BCUT2D eigenvalue weighted by molar-refractivity contribution is -0.109. The van der Waals surface area contributed by atoms with E-state index in [0.717, 1.165) is 38.4 Å². The lowest BCUT2D eigenvalue weighted by Crippen LogP contribution is -2.27. The van der Waals surface area contributed by atoms with Gasteiger partial charge in [-0.15, -0.1) is 0 Å². The second-order valence-electron chi connectivity index (χ2n) is 7.70. The van der Waals surface area contributed by atoms with E-state index in [2.05, 4.69) is 31.2 Å². The molecule has 4 nitrogen and oxygen atoms in total. The number of hydrogen-bond donors (Lipinski definition) is 1. The molecule has 0 radical (unpaired) electrons. The highest BCUT2D eigenvalue weighted by molar-refractivity contribution is 5.50. The Morgan fingerprint density at radius 1 is 1.36 bits per heavy atom. The summed E-state index contributed by atoms with van der Waals surface area (Å²) >= 11 is 0. The number of benzene rings is 1. The number of aliphatic hydroxyl groups is 1. The van der Waals surface area contributed by atoms with Gasteiger partial charge in [0.15, 0.2) is 0 Å². The smallest absolute Gasteiger partial charge is 0.147 e. The van der Waals surface area contributed by atoms with Crippen LogP contribution >= 0.6 is 0 Å². The molecular weight excluding hydrogens is 316 g/mol. The topological polar surface area (TPSA) is 55.8 Å². The molecule has 0 bridgehead atoms. The molecule has 1 aliphatic heterocycles. The Hall–Kier alpha value is -1.23. The van der Waals surface area contributed by atoms with Crippen molar-refractivity contribution in [3.63, 3.8) is 0 Å². The zero-order chi connectivity index (χ0) is 17.6. The molecule has 3 rings (SSSR count). The van der Waals surface area contributed by atoms with Gasteiger partial charge in [-0.25, -0.2) is 0 Å². The Morgan fingerprint density at radius 2 is 2.24 bits per heavy atom. The van der Waals surface area contributed by atoms with Crippen LogP contribution in [0.15, 0.2) is 24.3 Å². The van der Waals surface area contributed by atoms with Crippen LogP contribution in [-0.2, 0) is 20.7 Å². The van der Waals surface area contributed by atoms with Crippen molar-refractivity contribution in [1.29, 1.82) is 0 Å². The van der Waals surface area contributed by atoms with Gasteiger partial charge in [-0.3, -0.25) is 0 Å². The number of ether oxygens (including phenoxy) is 2. The van der Waals surface area contributed by atoms with E-state index in [1.807, 2.05) is 0 Å². The van der Waals surface area contributed by atoms with E-state index >= 15 is 0 Å². The molecule has 2 aliphatic rings. The van der Waals surface area contributed by atoms with Gasteiger partial charge in [0.2, 0.25) is 0 Å². The number of carbonyl (C=O) groups excluding carboxylic acids is 1. The maximum atomic E-state index is 10.9. The van der Waals surface area contributed by atoms with Crippen molar-refractivity contribution in [2.45, 2.75) is 57.7 Å². The molecule has 2 fully saturated rings. The monoisotopic (exact) mass is 346 g/mol. The molecule has 0 spiro atoms. The van der Waals surface area contributed by atoms with Crippen LogP contribution < -0.4 is 0 Å². The molecule has 5 atom stereocenters. The molecule has 138 valence electrons. The zero-order valence-electron chi connectivity index (χ0n) is 15.1. The van der Waals surface area contributed by atoms with Crippen LogP contribution in [0, 0.1) is 24.7 Å². The Morgan fingerprint density at radius 3 is 2.96 bits per heavy atom. The first kappa shape index (κ1) is 18.6. The molecule has 4 heteroatoms. The minimum absolute atomic E-state index is 0.137. The SMILES string of the molecule is Cc1cccc(CC(CCC2CCC(O)C2CC=O)C2COCO2)c1. The molecule has 1 saturated carbocycles. The van der Waals surface area contributed by atoms with Crippen molar-refractivity contribution in [3.05, 3.63) is 35.4 Å². The molecule has 5 unspecified atom stereocenters. The Kier molecular flexibility index (Phi) is 6.63. The van der Waals surface area contributed by atoms with Crippen molar-refractivity contribution in [2.24, 2.45) is 17.8 Å². The molecule has 1 N–H and O–H groups in total. The number of carbonyl (C=O) groups is 1. The first-order valence-corrected chi connectivity index (χ1v) is 9.54. The first-order valence-electron chi connectivity index (χ1n) is 9.54. The normalized spacial score (nSPS) is 30.5. The molecule has 0 aromatic heterocycles. The first-order chi connectivity index (χ1) is 12.2. The Bertz CT molecular complexity index is 553. The highest BCUT2D eigenvalue weighted by atomic mass is 16.7. The molecule has 1 aromatic carbocycles. The maximum absolute atomic E-state index is 10.9. The van der Waals surface area contributed by atoms with Crippen LogP contribution in [0.2, 0.25) is 0 Å². The van der Waals surface area contributed by atoms with Crippen LogP contribution in [0.25, 0.3) is 0 Å². The van der Waals surface area contributed by atoms with E-state index in [1.165, 1.54) is 11.1 Å². The summed E-state index contributed by atoms with van der Waals surface area (Å²) < 4.78 is 11.2. The highest BCUT2D eigenvalue weighted by Crippen LogP contribution is 2.38. The molecule has 0 amide bonds. The third-order valence-electron chi connectivity index (χ3n) is 5.96. The zero-order valence-corrected chi connectivity index (χ0v) is 15.1. The van der Waals surface area contributed by atoms with Gasteiger partial charge in [0, 0.05) is 6.42 Å². The second-order valence-corrected chi connectivity index (χ2v) is 7.70. The predicted octanol–water partition coefficient (Wildman–Crippen LogP) is 3.28. The summed E-state index contributed by atoms with van der Waals surface area (Å²) in [6, 6.07) is 8.67. The summed E-state index contributed by atoms with van der Waals surface area (Å²) in [6.45, 7) is 3.18. The average Bonchev–Trinajstić information content (AvgIpc) is 3.24. The summed E-state index contributed by atoms with van der Waals surface area (Å²) in [5.74, 6) is 0.999. The third kappa shape index (κ3) is 4.90. The van der Waals surface area contributed by atoms with E-state index in [1.54, 1.807) is 0 Å². The van der Waals surface area contributed by atoms with E-state index in [9.17, 15) is 9.90 Å². The summed E-state index contributed by atoms with van der Waals surface area (Å²) in [5, 5.41) is 10.1. The van der Waals surface area contributed by atoms with Crippen molar-refractivity contribution >= 4 is 6.29 Å². The van der Waals surface area contributed by atoms with Gasteiger partial charge in [-0.2, -0.15) is 0 Å². The fourth-order valence-electron chi connectivity index (χ4n) is 4.56. The van der Waals surface area contributed by atoms with E-state index in [0.29, 0.717) is 31.7 Å². The van der Waals surface area contributed by atoms with Crippen LogP contribution in [0.4, 0.5) is 0 Å². The van der Waals surface area contributed by atoms with Gasteiger partial charge in [0.25, 0.3) is 0 Å². The minimum Gasteiger partial charge on any atom is -0.393 e. The summed E-state index contributed by atoms with van der Waals surface area (Å²) in [7, 11) is 0. The van der Waals surface area contributed by atoms with Crippen LogP contribution in [0.3, 0.4) is 0 Å². The number of aliphatic hydroxyl groups excluding tert-OH is 1. The quantitative estimate of drug-likeness (QED) is 0.734. The van der Waals surface area contributed by atoms with Crippen molar-refractivity contribution in [2.75, 3.05) is 13.4 Å². The Labute approximate surface area is 150 Å². The van der Waals surface area contributed by atoms with Crippen molar-refractivity contribution in [3.8, 4) is 0 Å². The summed E-state index contributed by atoms with van der Waals surface area (Å²) in [6.07, 6.45) is 6.23. The number of aryl methyl sites for hydroxylation is 1. The second kappa shape index (κ2) is 8.93. The molecule has 1 heterocycles. The van der Waals surface area contributed by atoms with Crippen LogP contribution in [0.5, 0.6) is 0 Å². The fourth-order valence-corrected chi connectivity index (χ4v) is 4.56. The molecule has 1 aromatic rings. The van der Waals surface area contributed by atoms with E-state index < -0.39 is 0 Å². The highest BCUT2D eigenvalue weighted by Gasteiger charge is 2.35. The van der Waals surface area contributed by atoms with Gasteiger partial charge in [0.05, 0.1) is 18.8 Å². The predicted molar refractivity (Wildman–Crippen MR) is 96.2 cm³/mol. The number of rotatable bonds is 8. The average molecular weight is 346 g/mol. The standard InChI is InChI=1S/C21H30O4/c1-15-3-2-4-16(11-15)12-18(21-13-24-14-25-21)6-5-17-7-8-20(23)19(17)9-10-22/h2-4,10-11,17-21,23H,5-9,12-14H2,1H3. The molecule has 1 aliphatic carbocycles. The van der Waals surface area contributed by atoms with Gasteiger partial charge >= 0.3 is 0 Å². The summed E-state index contributed by atoms with van der Waals surface area (Å²) in [4.78, 5) is 10.9. The summed E-state index contributed by atoms with van der Waals surface area (Å²) in [5.41, 5.74) is 2.63. The van der Waals surface area contributed by atoms with E-state index in [-0.39, 0.29) is 18.1 Å². The fraction of sp³-hybridized carbons (Fsp3) is 0.667. The largest absolute Gasteiger partial charge is 0.393 e. The number of hydrogen-bond acceptors (Lipinski definition) is 4. The minimum atomic E-state index is -0.309. The van der Waals surface area contributed by atoms with Crippen LogP contribution in [-0.4, -0.2) is 37.0 Å². The van der Waals surface area contributed by atoms with Gasteiger partial charge < -0.3 is 19.4 Å². The van der Waals surface area contributed by atoms with Gasteiger partial charge in [0.1, 0.15) is 13.1 Å². The lowest BCUT2D eigenvalue weighted by Gasteiger charge is -2.26. The third-order valence-corrected chi connectivity index (χ3v) is 5.96. The maximum Gasteiger partial charge on any atom is 0.147 e. The van der Waals surface area contributed by atoms with Crippen molar-refractivity contribution in [1.82, 2.24) is 0 Å². The molecule has 25 heavy (non-hydrogen) atoms.